The number of hydrogen-bond donors (Lipinski definition) is 2. The molecular weight excluding hydrogens is 305 g/mol. The molecule has 1 heterocycles. The number of benzene rings is 1. The molecule has 0 saturated carbocycles. The van der Waals surface area contributed by atoms with Crippen LogP contribution in [0.1, 0.15) is 18.1 Å². The molecule has 0 aliphatic carbocycles. The van der Waals surface area contributed by atoms with E-state index < -0.39 is 11.7 Å². The minimum atomic E-state index is -4.40. The van der Waals surface area contributed by atoms with E-state index in [1.54, 1.807) is 6.92 Å². The lowest BCUT2D eigenvalue weighted by Crippen LogP contribution is -2.49. The molecule has 0 radical (unpaired) electrons. The predicted octanol–water partition coefficient (Wildman–Crippen LogP) is 2.60. The number of alkyl halides is 3. The monoisotopic (exact) mass is 322 g/mol. The largest absolute Gasteiger partial charge is 0.416 e. The van der Waals surface area contributed by atoms with Crippen molar-refractivity contribution in [2.24, 2.45) is 11.8 Å². The van der Waals surface area contributed by atoms with Crippen LogP contribution in [0.5, 0.6) is 0 Å². The molecule has 0 spiro atoms. The summed E-state index contributed by atoms with van der Waals surface area (Å²) in [6, 6.07) is 5.30. The lowest BCUT2D eigenvalue weighted by atomic mass is 9.88. The Bertz CT molecular complexity index is 489. The second-order valence-electron chi connectivity index (χ2n) is 5.08. The summed E-state index contributed by atoms with van der Waals surface area (Å²) in [6.07, 6.45) is -4.40. The molecule has 3 nitrogen and oxygen atoms in total. The van der Waals surface area contributed by atoms with Crippen LogP contribution in [0.25, 0.3) is 0 Å². The average Bonchev–Trinajstić information content (AvgIpc) is 2.33. The van der Waals surface area contributed by atoms with Crippen molar-refractivity contribution >= 4 is 18.3 Å². The van der Waals surface area contributed by atoms with Crippen LogP contribution in [0.3, 0.4) is 0 Å². The topological polar surface area (TPSA) is 41.1 Å². The molecule has 1 unspecified atom stereocenters. The Hall–Kier alpha value is -1.27. The number of amides is 1. The maximum Gasteiger partial charge on any atom is 0.416 e. The molecule has 1 fully saturated rings. The van der Waals surface area contributed by atoms with Crippen molar-refractivity contribution in [2.45, 2.75) is 19.6 Å². The standard InChI is InChI=1S/C14H17F3N2O.ClH/c1-9(11-6-18-7-11)13(20)19-8-10-4-2-3-5-12(10)14(15,16)17;/h2-5,9,11,18H,6-8H2,1H3,(H,19,20);1H. The Kier molecular flexibility index (Phi) is 6.04. The van der Waals surface area contributed by atoms with Gasteiger partial charge >= 0.3 is 6.18 Å². The van der Waals surface area contributed by atoms with E-state index in [2.05, 4.69) is 10.6 Å². The Morgan fingerprint density at radius 2 is 2.00 bits per heavy atom. The first kappa shape index (κ1) is 17.8. The average molecular weight is 323 g/mol. The van der Waals surface area contributed by atoms with Crippen molar-refractivity contribution in [1.82, 2.24) is 10.6 Å². The lowest BCUT2D eigenvalue weighted by molar-refractivity contribution is -0.138. The maximum atomic E-state index is 12.8. The van der Waals surface area contributed by atoms with E-state index >= 15 is 0 Å². The second-order valence-corrected chi connectivity index (χ2v) is 5.08. The van der Waals surface area contributed by atoms with Gasteiger partial charge in [0.1, 0.15) is 0 Å². The smallest absolute Gasteiger partial charge is 0.352 e. The molecule has 0 aromatic heterocycles. The van der Waals surface area contributed by atoms with Gasteiger partial charge in [-0.05, 0) is 30.6 Å². The van der Waals surface area contributed by atoms with Crippen LogP contribution in [-0.4, -0.2) is 19.0 Å². The summed E-state index contributed by atoms with van der Waals surface area (Å²) in [6.45, 7) is 3.27. The molecule has 1 saturated heterocycles. The van der Waals surface area contributed by atoms with Crippen molar-refractivity contribution in [3.05, 3.63) is 35.4 Å². The van der Waals surface area contributed by atoms with Crippen LogP contribution >= 0.6 is 12.4 Å². The number of carbonyl (C=O) groups excluding carboxylic acids is 1. The van der Waals surface area contributed by atoms with Gasteiger partial charge in [0.2, 0.25) is 5.91 Å². The first-order chi connectivity index (χ1) is 9.39. The van der Waals surface area contributed by atoms with Gasteiger partial charge in [0.05, 0.1) is 5.56 Å². The van der Waals surface area contributed by atoms with E-state index in [1.165, 1.54) is 18.2 Å². The molecule has 1 aliphatic rings. The van der Waals surface area contributed by atoms with Crippen molar-refractivity contribution < 1.29 is 18.0 Å². The summed E-state index contributed by atoms with van der Waals surface area (Å²) in [5, 5.41) is 5.66. The third-order valence-corrected chi connectivity index (χ3v) is 3.71. The first-order valence-electron chi connectivity index (χ1n) is 6.53. The van der Waals surface area contributed by atoms with Gasteiger partial charge in [-0.25, -0.2) is 0 Å². The Morgan fingerprint density at radius 3 is 2.52 bits per heavy atom. The Balaban J connectivity index is 0.00000220. The van der Waals surface area contributed by atoms with Crippen LogP contribution < -0.4 is 10.6 Å². The minimum Gasteiger partial charge on any atom is -0.352 e. The molecule has 2 N–H and O–H groups in total. The van der Waals surface area contributed by atoms with E-state index in [1.807, 2.05) is 0 Å². The van der Waals surface area contributed by atoms with Crippen LogP contribution in [0.2, 0.25) is 0 Å². The lowest BCUT2D eigenvalue weighted by Gasteiger charge is -2.31. The number of halogens is 4. The summed E-state index contributed by atoms with van der Waals surface area (Å²) < 4.78 is 38.4. The van der Waals surface area contributed by atoms with Gasteiger partial charge in [-0.15, -0.1) is 12.4 Å². The van der Waals surface area contributed by atoms with Gasteiger partial charge in [-0.1, -0.05) is 25.1 Å². The highest BCUT2D eigenvalue weighted by atomic mass is 35.5. The molecule has 1 aromatic rings. The molecule has 1 amide bonds. The van der Waals surface area contributed by atoms with E-state index in [0.717, 1.165) is 19.2 Å². The van der Waals surface area contributed by atoms with Gasteiger partial charge in [0.25, 0.3) is 0 Å². The quantitative estimate of drug-likeness (QED) is 0.894. The SMILES string of the molecule is CC(C(=O)NCc1ccccc1C(F)(F)F)C1CNC1.Cl. The fraction of sp³-hybridized carbons (Fsp3) is 0.500. The Labute approximate surface area is 127 Å². The zero-order chi connectivity index (χ0) is 14.8. The summed E-state index contributed by atoms with van der Waals surface area (Å²) in [5.74, 6) is -0.115. The first-order valence-corrected chi connectivity index (χ1v) is 6.53. The zero-order valence-electron chi connectivity index (χ0n) is 11.5. The van der Waals surface area contributed by atoms with E-state index in [4.69, 9.17) is 0 Å². The Morgan fingerprint density at radius 1 is 1.38 bits per heavy atom. The summed E-state index contributed by atoms with van der Waals surface area (Å²) in [7, 11) is 0. The van der Waals surface area contributed by atoms with Crippen LogP contribution in [0.4, 0.5) is 13.2 Å². The zero-order valence-corrected chi connectivity index (χ0v) is 12.4. The third-order valence-electron chi connectivity index (χ3n) is 3.71. The molecule has 0 bridgehead atoms. The fourth-order valence-corrected chi connectivity index (χ4v) is 2.17. The summed E-state index contributed by atoms with van der Waals surface area (Å²) >= 11 is 0. The predicted molar refractivity (Wildman–Crippen MR) is 76.1 cm³/mol. The molecule has 2 rings (SSSR count). The van der Waals surface area contributed by atoms with Gasteiger partial charge in [0.15, 0.2) is 0 Å². The second kappa shape index (κ2) is 7.13. The van der Waals surface area contributed by atoms with Crippen LogP contribution in [0.15, 0.2) is 24.3 Å². The van der Waals surface area contributed by atoms with Crippen molar-refractivity contribution in [3.63, 3.8) is 0 Å². The third kappa shape index (κ3) is 4.35. The molecule has 21 heavy (non-hydrogen) atoms. The highest BCUT2D eigenvalue weighted by Gasteiger charge is 2.33. The molecule has 1 aromatic carbocycles. The van der Waals surface area contributed by atoms with Gasteiger partial charge in [0, 0.05) is 12.5 Å². The van der Waals surface area contributed by atoms with Crippen LogP contribution in [0, 0.1) is 11.8 Å². The number of nitrogens with one attached hydrogen (secondary N) is 2. The van der Waals surface area contributed by atoms with Crippen LogP contribution in [-0.2, 0) is 17.5 Å². The van der Waals surface area contributed by atoms with Crippen molar-refractivity contribution in [1.29, 1.82) is 0 Å². The molecule has 7 heteroatoms. The molecular formula is C14H18ClF3N2O. The molecule has 118 valence electrons. The van der Waals surface area contributed by atoms with E-state index in [0.29, 0.717) is 0 Å². The number of carbonyl (C=O) groups is 1. The number of rotatable bonds is 4. The fourth-order valence-electron chi connectivity index (χ4n) is 2.17. The normalized spacial score (nSPS) is 16.6. The van der Waals surface area contributed by atoms with Crippen molar-refractivity contribution in [3.8, 4) is 0 Å². The maximum absolute atomic E-state index is 12.8. The van der Waals surface area contributed by atoms with E-state index in [-0.39, 0.29) is 42.3 Å². The van der Waals surface area contributed by atoms with Gasteiger partial charge in [-0.2, -0.15) is 13.2 Å². The summed E-state index contributed by atoms with van der Waals surface area (Å²) in [5.41, 5.74) is -0.606. The van der Waals surface area contributed by atoms with Gasteiger partial charge < -0.3 is 10.6 Å². The van der Waals surface area contributed by atoms with Gasteiger partial charge in [-0.3, -0.25) is 4.79 Å². The van der Waals surface area contributed by atoms with Crippen molar-refractivity contribution in [2.75, 3.05) is 13.1 Å². The molecule has 1 aliphatic heterocycles. The summed E-state index contributed by atoms with van der Waals surface area (Å²) in [4.78, 5) is 11.9. The van der Waals surface area contributed by atoms with E-state index in [9.17, 15) is 18.0 Å². The number of hydrogen-bond acceptors (Lipinski definition) is 2. The molecule has 1 atom stereocenters. The highest BCUT2D eigenvalue weighted by Crippen LogP contribution is 2.31. The highest BCUT2D eigenvalue weighted by molar-refractivity contribution is 5.85. The minimum absolute atomic E-state index is 0.